The van der Waals surface area contributed by atoms with Crippen LogP contribution in [-0.2, 0) is 10.0 Å². The van der Waals surface area contributed by atoms with Gasteiger partial charge >= 0.3 is 6.18 Å². The van der Waals surface area contributed by atoms with E-state index in [2.05, 4.69) is 4.98 Å². The highest BCUT2D eigenvalue weighted by atomic mass is 32.2. The fraction of sp³-hybridized carbons (Fsp3) is 0.500. The second kappa shape index (κ2) is 5.84. The third-order valence-corrected chi connectivity index (χ3v) is 4.34. The number of aromatic nitrogens is 1. The molecule has 10 heteroatoms. The smallest absolute Gasteiger partial charge is 0.339 e. The predicted molar refractivity (Wildman–Crippen MR) is 70.3 cm³/mol. The van der Waals surface area contributed by atoms with E-state index in [0.29, 0.717) is 0 Å². The van der Waals surface area contributed by atoms with Crippen molar-refractivity contribution >= 4 is 15.9 Å². The molecule has 0 bridgehead atoms. The van der Waals surface area contributed by atoms with E-state index in [4.69, 9.17) is 5.14 Å². The number of pyridine rings is 1. The standard InChI is InChI=1S/C12H14F3N3O3S/c13-12(14,15)9-3-5-18(6-4-9)11(19)8-1-2-10(17-7-8)22(16,20)21/h1-2,7,9H,3-6H2,(H2,16,20,21). The van der Waals surface area contributed by atoms with E-state index < -0.39 is 28.0 Å². The number of piperidine rings is 1. The van der Waals surface area contributed by atoms with Gasteiger partial charge in [-0.15, -0.1) is 0 Å². The van der Waals surface area contributed by atoms with Crippen LogP contribution in [0, 0.1) is 5.92 Å². The zero-order valence-electron chi connectivity index (χ0n) is 11.4. The van der Waals surface area contributed by atoms with Gasteiger partial charge in [-0.1, -0.05) is 0 Å². The van der Waals surface area contributed by atoms with Crippen molar-refractivity contribution in [3.8, 4) is 0 Å². The second-order valence-corrected chi connectivity index (χ2v) is 6.55. The lowest BCUT2D eigenvalue weighted by Crippen LogP contribution is -2.42. The van der Waals surface area contributed by atoms with Crippen LogP contribution in [0.15, 0.2) is 23.4 Å². The number of primary sulfonamides is 1. The molecule has 0 atom stereocenters. The Morgan fingerprint density at radius 3 is 2.27 bits per heavy atom. The molecule has 2 heterocycles. The zero-order chi connectivity index (χ0) is 16.5. The van der Waals surface area contributed by atoms with Crippen molar-refractivity contribution in [2.45, 2.75) is 24.0 Å². The molecule has 0 spiro atoms. The third kappa shape index (κ3) is 3.74. The Labute approximate surface area is 125 Å². The molecule has 2 rings (SSSR count). The van der Waals surface area contributed by atoms with Gasteiger partial charge in [0, 0.05) is 19.3 Å². The molecule has 1 aromatic rings. The third-order valence-electron chi connectivity index (χ3n) is 3.52. The van der Waals surface area contributed by atoms with Gasteiger partial charge in [-0.3, -0.25) is 4.79 Å². The van der Waals surface area contributed by atoms with Crippen molar-refractivity contribution in [1.82, 2.24) is 9.88 Å². The summed E-state index contributed by atoms with van der Waals surface area (Å²) in [6.45, 7) is -0.000101. The van der Waals surface area contributed by atoms with Crippen LogP contribution in [0.3, 0.4) is 0 Å². The van der Waals surface area contributed by atoms with E-state index in [0.717, 1.165) is 12.3 Å². The molecule has 0 radical (unpaired) electrons. The highest BCUT2D eigenvalue weighted by Gasteiger charge is 2.41. The molecule has 122 valence electrons. The fourth-order valence-electron chi connectivity index (χ4n) is 2.27. The molecule has 0 saturated carbocycles. The van der Waals surface area contributed by atoms with Crippen LogP contribution >= 0.6 is 0 Å². The highest BCUT2D eigenvalue weighted by molar-refractivity contribution is 7.89. The van der Waals surface area contributed by atoms with Crippen LogP contribution in [0.2, 0.25) is 0 Å². The van der Waals surface area contributed by atoms with Gasteiger partial charge in [-0.05, 0) is 25.0 Å². The summed E-state index contributed by atoms with van der Waals surface area (Å²) in [5, 5.41) is 4.51. The summed E-state index contributed by atoms with van der Waals surface area (Å²) in [6, 6.07) is 2.33. The van der Waals surface area contributed by atoms with Crippen LogP contribution in [0.5, 0.6) is 0 Å². The van der Waals surface area contributed by atoms with E-state index in [1.807, 2.05) is 0 Å². The minimum absolute atomic E-state index is 0.0000507. The van der Waals surface area contributed by atoms with Crippen LogP contribution in [0.4, 0.5) is 13.2 Å². The Morgan fingerprint density at radius 1 is 1.27 bits per heavy atom. The molecule has 2 N–H and O–H groups in total. The van der Waals surface area contributed by atoms with Gasteiger partial charge in [0.05, 0.1) is 11.5 Å². The van der Waals surface area contributed by atoms with Crippen molar-refractivity contribution in [1.29, 1.82) is 0 Å². The number of sulfonamides is 1. The molecular weight excluding hydrogens is 323 g/mol. The summed E-state index contributed by atoms with van der Waals surface area (Å²) in [5.74, 6) is -1.87. The fourth-order valence-corrected chi connectivity index (χ4v) is 2.72. The molecular formula is C12H14F3N3O3S. The van der Waals surface area contributed by atoms with E-state index in [9.17, 15) is 26.4 Å². The van der Waals surface area contributed by atoms with Crippen LogP contribution in [-0.4, -0.2) is 43.5 Å². The Hall–Kier alpha value is -1.68. The topological polar surface area (TPSA) is 93.4 Å². The summed E-state index contributed by atoms with van der Waals surface area (Å²) < 4.78 is 59.8. The first-order chi connectivity index (χ1) is 10.1. The molecule has 1 saturated heterocycles. The second-order valence-electron chi connectivity index (χ2n) is 5.04. The van der Waals surface area contributed by atoms with Gasteiger partial charge in [-0.2, -0.15) is 13.2 Å². The normalized spacial score (nSPS) is 17.5. The van der Waals surface area contributed by atoms with Crippen molar-refractivity contribution < 1.29 is 26.4 Å². The number of alkyl halides is 3. The lowest BCUT2D eigenvalue weighted by atomic mass is 9.96. The molecule has 1 fully saturated rings. The average Bonchev–Trinajstić information content (AvgIpc) is 2.45. The van der Waals surface area contributed by atoms with E-state index >= 15 is 0 Å². The minimum atomic E-state index is -4.24. The SMILES string of the molecule is NS(=O)(=O)c1ccc(C(=O)N2CCC(C(F)(F)F)CC2)cn1. The van der Waals surface area contributed by atoms with Gasteiger partial charge in [0.15, 0.2) is 5.03 Å². The number of halogens is 3. The molecule has 0 aliphatic carbocycles. The molecule has 1 aliphatic heterocycles. The number of amides is 1. The first kappa shape index (κ1) is 16.7. The number of nitrogens with zero attached hydrogens (tertiary/aromatic N) is 2. The summed E-state index contributed by atoms with van der Waals surface area (Å²) in [6.07, 6.45) is -3.47. The van der Waals surface area contributed by atoms with E-state index in [-0.39, 0.29) is 36.5 Å². The number of likely N-dealkylation sites (tertiary alicyclic amines) is 1. The first-order valence-corrected chi connectivity index (χ1v) is 7.98. The van der Waals surface area contributed by atoms with Crippen LogP contribution in [0.25, 0.3) is 0 Å². The Kier molecular flexibility index (Phi) is 4.43. The van der Waals surface area contributed by atoms with Gasteiger partial charge < -0.3 is 4.90 Å². The number of carbonyl (C=O) groups excluding carboxylic acids is 1. The highest BCUT2D eigenvalue weighted by Crippen LogP contribution is 2.34. The Morgan fingerprint density at radius 2 is 1.86 bits per heavy atom. The number of hydrogen-bond acceptors (Lipinski definition) is 4. The van der Waals surface area contributed by atoms with Crippen LogP contribution in [0.1, 0.15) is 23.2 Å². The monoisotopic (exact) mass is 337 g/mol. The molecule has 6 nitrogen and oxygen atoms in total. The number of rotatable bonds is 2. The van der Waals surface area contributed by atoms with Crippen molar-refractivity contribution in [3.05, 3.63) is 23.9 Å². The largest absolute Gasteiger partial charge is 0.391 e. The Balaban J connectivity index is 2.04. The van der Waals surface area contributed by atoms with E-state index in [1.54, 1.807) is 0 Å². The maximum absolute atomic E-state index is 12.6. The summed E-state index contributed by atoms with van der Waals surface area (Å²) >= 11 is 0. The van der Waals surface area contributed by atoms with Gasteiger partial charge in [0.2, 0.25) is 0 Å². The zero-order valence-corrected chi connectivity index (χ0v) is 12.2. The quantitative estimate of drug-likeness (QED) is 0.876. The summed E-state index contributed by atoms with van der Waals surface area (Å²) in [4.78, 5) is 17.0. The summed E-state index contributed by atoms with van der Waals surface area (Å²) in [5.41, 5.74) is 0.109. The molecule has 1 aliphatic rings. The maximum Gasteiger partial charge on any atom is 0.391 e. The number of hydrogen-bond donors (Lipinski definition) is 1. The van der Waals surface area contributed by atoms with Gasteiger partial charge in [0.1, 0.15) is 0 Å². The minimum Gasteiger partial charge on any atom is -0.339 e. The van der Waals surface area contributed by atoms with Gasteiger partial charge in [0.25, 0.3) is 15.9 Å². The van der Waals surface area contributed by atoms with Crippen molar-refractivity contribution in [3.63, 3.8) is 0 Å². The predicted octanol–water partition coefficient (Wildman–Crippen LogP) is 1.14. The average molecular weight is 337 g/mol. The van der Waals surface area contributed by atoms with Crippen LogP contribution < -0.4 is 5.14 Å². The molecule has 1 amide bonds. The van der Waals surface area contributed by atoms with Crippen molar-refractivity contribution in [2.75, 3.05) is 13.1 Å². The lowest BCUT2D eigenvalue weighted by molar-refractivity contribution is -0.183. The lowest BCUT2D eigenvalue weighted by Gasteiger charge is -2.32. The first-order valence-electron chi connectivity index (χ1n) is 6.44. The summed E-state index contributed by atoms with van der Waals surface area (Å²) in [7, 11) is -3.95. The molecule has 22 heavy (non-hydrogen) atoms. The van der Waals surface area contributed by atoms with Crippen molar-refractivity contribution in [2.24, 2.45) is 11.1 Å². The molecule has 0 aromatic carbocycles. The molecule has 0 unspecified atom stereocenters. The number of nitrogens with two attached hydrogens (primary N) is 1. The van der Waals surface area contributed by atoms with Gasteiger partial charge in [-0.25, -0.2) is 18.5 Å². The van der Waals surface area contributed by atoms with E-state index in [1.165, 1.54) is 11.0 Å². The molecule has 1 aromatic heterocycles. The number of carbonyl (C=O) groups is 1. The Bertz CT molecular complexity index is 650. The maximum atomic E-state index is 12.6.